The van der Waals surface area contributed by atoms with Gasteiger partial charge in [-0.15, -0.1) is 0 Å². The minimum absolute atomic E-state index is 0.0127. The van der Waals surface area contributed by atoms with Crippen molar-refractivity contribution in [3.63, 3.8) is 0 Å². The van der Waals surface area contributed by atoms with Gasteiger partial charge >= 0.3 is 0 Å². The van der Waals surface area contributed by atoms with Crippen LogP contribution in [0.25, 0.3) is 0 Å². The Kier molecular flexibility index (Phi) is 4.26. The van der Waals surface area contributed by atoms with E-state index in [1.807, 2.05) is 23.1 Å². The van der Waals surface area contributed by atoms with Gasteiger partial charge in [0.2, 0.25) is 0 Å². The summed E-state index contributed by atoms with van der Waals surface area (Å²) in [6.45, 7) is 3.04. The van der Waals surface area contributed by atoms with Gasteiger partial charge in [0.25, 0.3) is 5.91 Å². The van der Waals surface area contributed by atoms with E-state index < -0.39 is 0 Å². The zero-order valence-corrected chi connectivity index (χ0v) is 14.4. The second-order valence-corrected chi connectivity index (χ2v) is 6.58. The Labute approximate surface area is 147 Å². The third-order valence-corrected chi connectivity index (χ3v) is 4.91. The Morgan fingerprint density at radius 1 is 1.08 bits per heavy atom. The van der Waals surface area contributed by atoms with Gasteiger partial charge in [0, 0.05) is 43.5 Å². The number of rotatable bonds is 4. The fourth-order valence-corrected chi connectivity index (χ4v) is 3.21. The largest absolute Gasteiger partial charge is 0.497 e. The molecule has 130 valence electrons. The predicted molar refractivity (Wildman–Crippen MR) is 95.1 cm³/mol. The van der Waals surface area contributed by atoms with Gasteiger partial charge in [0.05, 0.1) is 7.11 Å². The molecule has 0 N–H and O–H groups in total. The molecule has 0 unspecified atom stereocenters. The third-order valence-electron chi connectivity index (χ3n) is 4.91. The van der Waals surface area contributed by atoms with Gasteiger partial charge in [-0.05, 0) is 43.2 Å². The van der Waals surface area contributed by atoms with E-state index in [0.717, 1.165) is 30.2 Å². The highest BCUT2D eigenvalue weighted by Crippen LogP contribution is 2.38. The SMILES string of the molecule is COc1ccc(N2CCN(C(=O)c3cc(C4CC4)ncn3)CC2)cc1. The zero-order chi connectivity index (χ0) is 17.2. The number of amides is 1. The average Bonchev–Trinajstić information content (AvgIpc) is 3.53. The molecule has 2 fully saturated rings. The molecule has 0 atom stereocenters. The van der Waals surface area contributed by atoms with E-state index in [2.05, 4.69) is 27.0 Å². The highest BCUT2D eigenvalue weighted by atomic mass is 16.5. The minimum Gasteiger partial charge on any atom is -0.497 e. The standard InChI is InChI=1S/C19H22N4O2/c1-25-16-6-4-15(5-7-16)22-8-10-23(11-9-22)19(24)18-12-17(14-2-3-14)20-13-21-18/h4-7,12-14H,2-3,8-11H2,1H3. The summed E-state index contributed by atoms with van der Waals surface area (Å²) in [5.74, 6) is 1.40. The molecule has 1 amide bonds. The highest BCUT2D eigenvalue weighted by Gasteiger charge is 2.28. The summed E-state index contributed by atoms with van der Waals surface area (Å²) in [5, 5.41) is 0. The molecule has 1 aliphatic heterocycles. The van der Waals surface area contributed by atoms with Crippen LogP contribution in [0, 0.1) is 0 Å². The second kappa shape index (κ2) is 6.70. The molecule has 1 saturated heterocycles. The Bertz CT molecular complexity index is 750. The number of methoxy groups -OCH3 is 1. The van der Waals surface area contributed by atoms with Crippen LogP contribution in [-0.4, -0.2) is 54.1 Å². The number of carbonyl (C=O) groups excluding carboxylic acids is 1. The van der Waals surface area contributed by atoms with Crippen LogP contribution in [0.2, 0.25) is 0 Å². The first kappa shape index (κ1) is 15.9. The van der Waals surface area contributed by atoms with Crippen LogP contribution in [0.5, 0.6) is 5.75 Å². The fourth-order valence-electron chi connectivity index (χ4n) is 3.21. The van der Waals surface area contributed by atoms with Crippen molar-refractivity contribution in [2.24, 2.45) is 0 Å². The summed E-state index contributed by atoms with van der Waals surface area (Å²) in [6, 6.07) is 9.92. The number of piperazine rings is 1. The van der Waals surface area contributed by atoms with Gasteiger partial charge in [-0.1, -0.05) is 0 Å². The van der Waals surface area contributed by atoms with Gasteiger partial charge in [0.15, 0.2) is 0 Å². The number of aromatic nitrogens is 2. The van der Waals surface area contributed by atoms with E-state index in [0.29, 0.717) is 24.7 Å². The summed E-state index contributed by atoms with van der Waals surface area (Å²) in [7, 11) is 1.67. The van der Waals surface area contributed by atoms with Gasteiger partial charge in [0.1, 0.15) is 17.8 Å². The Hall–Kier alpha value is -2.63. The molecule has 2 aliphatic rings. The molecule has 6 heteroatoms. The van der Waals surface area contributed by atoms with Gasteiger partial charge < -0.3 is 14.5 Å². The topological polar surface area (TPSA) is 58.6 Å². The predicted octanol–water partition coefficient (Wildman–Crippen LogP) is 2.33. The van der Waals surface area contributed by atoms with Crippen molar-refractivity contribution < 1.29 is 9.53 Å². The van der Waals surface area contributed by atoms with Crippen LogP contribution in [0.1, 0.15) is 34.9 Å². The smallest absolute Gasteiger partial charge is 0.272 e. The van der Waals surface area contributed by atoms with Crippen molar-refractivity contribution in [1.82, 2.24) is 14.9 Å². The number of benzene rings is 1. The van der Waals surface area contributed by atoms with Gasteiger partial charge in [-0.25, -0.2) is 9.97 Å². The lowest BCUT2D eigenvalue weighted by atomic mass is 10.2. The lowest BCUT2D eigenvalue weighted by Gasteiger charge is -2.36. The molecule has 25 heavy (non-hydrogen) atoms. The third kappa shape index (κ3) is 3.43. The number of hydrogen-bond donors (Lipinski definition) is 0. The molecule has 1 aliphatic carbocycles. The van der Waals surface area contributed by atoms with Crippen LogP contribution >= 0.6 is 0 Å². The van der Waals surface area contributed by atoms with Crippen LogP contribution in [-0.2, 0) is 0 Å². The maximum Gasteiger partial charge on any atom is 0.272 e. The molecule has 6 nitrogen and oxygen atoms in total. The van der Waals surface area contributed by atoms with E-state index in [9.17, 15) is 4.79 Å². The van der Waals surface area contributed by atoms with Crippen molar-refractivity contribution in [2.45, 2.75) is 18.8 Å². The monoisotopic (exact) mass is 338 g/mol. The summed E-state index contributed by atoms with van der Waals surface area (Å²) < 4.78 is 5.20. The van der Waals surface area contributed by atoms with E-state index in [1.54, 1.807) is 7.11 Å². The molecule has 4 rings (SSSR count). The number of ether oxygens (including phenoxy) is 1. The molecule has 0 radical (unpaired) electrons. The van der Waals surface area contributed by atoms with Crippen molar-refractivity contribution in [3.05, 3.63) is 48.0 Å². The van der Waals surface area contributed by atoms with E-state index >= 15 is 0 Å². The lowest BCUT2D eigenvalue weighted by molar-refractivity contribution is 0.0740. The molecule has 2 heterocycles. The Morgan fingerprint density at radius 2 is 1.80 bits per heavy atom. The molecule has 1 aromatic heterocycles. The summed E-state index contributed by atoms with van der Waals surface area (Å²) >= 11 is 0. The number of carbonyl (C=O) groups is 1. The molecule has 2 aromatic rings. The normalized spacial score (nSPS) is 17.5. The Morgan fingerprint density at radius 3 is 2.44 bits per heavy atom. The first-order chi connectivity index (χ1) is 12.2. The summed E-state index contributed by atoms with van der Waals surface area (Å²) in [4.78, 5) is 25.4. The first-order valence-electron chi connectivity index (χ1n) is 8.75. The van der Waals surface area contributed by atoms with E-state index in [-0.39, 0.29) is 5.91 Å². The van der Waals surface area contributed by atoms with Crippen molar-refractivity contribution in [1.29, 1.82) is 0 Å². The number of anilines is 1. The van der Waals surface area contributed by atoms with E-state index in [4.69, 9.17) is 4.74 Å². The van der Waals surface area contributed by atoms with Crippen LogP contribution in [0.3, 0.4) is 0 Å². The molecular weight excluding hydrogens is 316 g/mol. The lowest BCUT2D eigenvalue weighted by Crippen LogP contribution is -2.49. The highest BCUT2D eigenvalue weighted by molar-refractivity contribution is 5.92. The molecule has 0 bridgehead atoms. The number of hydrogen-bond acceptors (Lipinski definition) is 5. The van der Waals surface area contributed by atoms with Crippen LogP contribution in [0.4, 0.5) is 5.69 Å². The minimum atomic E-state index is 0.0127. The summed E-state index contributed by atoms with van der Waals surface area (Å²) in [5.41, 5.74) is 2.69. The van der Waals surface area contributed by atoms with E-state index in [1.165, 1.54) is 19.2 Å². The molecule has 1 aromatic carbocycles. The molecule has 0 spiro atoms. The van der Waals surface area contributed by atoms with Crippen molar-refractivity contribution in [2.75, 3.05) is 38.2 Å². The zero-order valence-electron chi connectivity index (χ0n) is 14.4. The van der Waals surface area contributed by atoms with Crippen LogP contribution in [0.15, 0.2) is 36.7 Å². The second-order valence-electron chi connectivity index (χ2n) is 6.58. The first-order valence-corrected chi connectivity index (χ1v) is 8.75. The van der Waals surface area contributed by atoms with Gasteiger partial charge in [-0.2, -0.15) is 0 Å². The number of nitrogens with zero attached hydrogens (tertiary/aromatic N) is 4. The maximum atomic E-state index is 12.7. The maximum absolute atomic E-state index is 12.7. The fraction of sp³-hybridized carbons (Fsp3) is 0.421. The van der Waals surface area contributed by atoms with Crippen molar-refractivity contribution in [3.8, 4) is 5.75 Å². The summed E-state index contributed by atoms with van der Waals surface area (Å²) in [6.07, 6.45) is 3.87. The average molecular weight is 338 g/mol. The van der Waals surface area contributed by atoms with Crippen molar-refractivity contribution >= 4 is 11.6 Å². The molecule has 1 saturated carbocycles. The van der Waals surface area contributed by atoms with Crippen LogP contribution < -0.4 is 9.64 Å². The van der Waals surface area contributed by atoms with Gasteiger partial charge in [-0.3, -0.25) is 4.79 Å². The Balaban J connectivity index is 1.39. The molecular formula is C19H22N4O2. The quantitative estimate of drug-likeness (QED) is 0.856.